The Labute approximate surface area is 257 Å². The van der Waals surface area contributed by atoms with Crippen molar-refractivity contribution >= 4 is 6.09 Å². The number of likely N-dealkylation sites (N-methyl/N-ethyl adjacent to an activating group) is 1. The van der Waals surface area contributed by atoms with Crippen LogP contribution in [0.4, 0.5) is 4.79 Å². The van der Waals surface area contributed by atoms with Gasteiger partial charge >= 0.3 is 6.09 Å². The van der Waals surface area contributed by atoms with Gasteiger partial charge in [0.05, 0.1) is 85.9 Å². The molecule has 0 aliphatic heterocycles. The first kappa shape index (κ1) is 41.0. The molecule has 42 heavy (non-hydrogen) atoms. The van der Waals surface area contributed by atoms with Crippen LogP contribution < -0.4 is 0 Å². The van der Waals surface area contributed by atoms with Gasteiger partial charge in [-0.05, 0) is 27.2 Å². The molecule has 0 saturated carbocycles. The number of nitrogens with zero attached hydrogens (tertiary/aromatic N) is 1. The maximum Gasteiger partial charge on any atom is 0.410 e. The zero-order valence-corrected chi connectivity index (χ0v) is 27.8. The standard InChI is InChI=1S/C32H65NO9/c1-6-7-8-9-10-11-12-13-14-15-17-35-19-21-37-23-25-39-27-29-41-30-28-40-26-24-38-22-20-36-18-16-33(5)31(34)42-32(2,3)4/h6-30H2,1-5H3. The lowest BCUT2D eigenvalue weighted by atomic mass is 10.1. The van der Waals surface area contributed by atoms with Gasteiger partial charge in [0.25, 0.3) is 0 Å². The van der Waals surface area contributed by atoms with Crippen LogP contribution >= 0.6 is 0 Å². The van der Waals surface area contributed by atoms with E-state index in [1.54, 1.807) is 7.05 Å². The minimum atomic E-state index is -0.500. The average Bonchev–Trinajstić information content (AvgIpc) is 2.95. The van der Waals surface area contributed by atoms with Gasteiger partial charge in [-0.1, -0.05) is 64.7 Å². The molecule has 10 heteroatoms. The van der Waals surface area contributed by atoms with Gasteiger partial charge in [0, 0.05) is 20.2 Å². The zero-order valence-electron chi connectivity index (χ0n) is 27.8. The summed E-state index contributed by atoms with van der Waals surface area (Å²) in [5, 5.41) is 0. The molecule has 0 aromatic carbocycles. The third-order valence-corrected chi connectivity index (χ3v) is 6.15. The predicted molar refractivity (Wildman–Crippen MR) is 166 cm³/mol. The predicted octanol–water partition coefficient (Wildman–Crippen LogP) is 5.89. The van der Waals surface area contributed by atoms with E-state index in [0.29, 0.717) is 92.4 Å². The highest BCUT2D eigenvalue weighted by Gasteiger charge is 2.19. The fourth-order valence-corrected chi connectivity index (χ4v) is 3.75. The number of hydrogen-bond donors (Lipinski definition) is 0. The highest BCUT2D eigenvalue weighted by Crippen LogP contribution is 2.10. The van der Waals surface area contributed by atoms with Crippen LogP contribution in [-0.2, 0) is 37.9 Å². The van der Waals surface area contributed by atoms with Crippen molar-refractivity contribution in [2.75, 3.05) is 106 Å². The van der Waals surface area contributed by atoms with Crippen LogP contribution in [-0.4, -0.2) is 123 Å². The molecule has 0 spiro atoms. The molecule has 10 nitrogen and oxygen atoms in total. The fourth-order valence-electron chi connectivity index (χ4n) is 3.75. The molecule has 0 radical (unpaired) electrons. The summed E-state index contributed by atoms with van der Waals surface area (Å²) in [4.78, 5) is 13.3. The van der Waals surface area contributed by atoms with E-state index in [2.05, 4.69) is 6.92 Å². The van der Waals surface area contributed by atoms with E-state index in [1.165, 1.54) is 62.7 Å². The van der Waals surface area contributed by atoms with Crippen LogP contribution in [0.5, 0.6) is 0 Å². The van der Waals surface area contributed by atoms with Gasteiger partial charge in [-0.25, -0.2) is 4.79 Å². The molecule has 0 fully saturated rings. The second kappa shape index (κ2) is 31.4. The Balaban J connectivity index is 3.15. The molecule has 252 valence electrons. The number of unbranched alkanes of at least 4 members (excludes halogenated alkanes) is 9. The maximum absolute atomic E-state index is 11.8. The summed E-state index contributed by atoms with van der Waals surface area (Å²) in [6.45, 7) is 15.9. The topological polar surface area (TPSA) is 94.2 Å². The van der Waals surface area contributed by atoms with Gasteiger partial charge in [-0.15, -0.1) is 0 Å². The van der Waals surface area contributed by atoms with Gasteiger partial charge in [0.15, 0.2) is 0 Å². The zero-order chi connectivity index (χ0) is 31.0. The molecule has 0 N–H and O–H groups in total. The normalized spacial score (nSPS) is 11.7. The van der Waals surface area contributed by atoms with Crippen molar-refractivity contribution in [3.8, 4) is 0 Å². The fraction of sp³-hybridized carbons (Fsp3) is 0.969. The van der Waals surface area contributed by atoms with Crippen LogP contribution in [0, 0.1) is 0 Å². The molecule has 0 atom stereocenters. The molecule has 0 unspecified atom stereocenters. The Hall–Kier alpha value is -1.01. The van der Waals surface area contributed by atoms with Crippen molar-refractivity contribution in [1.82, 2.24) is 4.90 Å². The number of carbonyl (C=O) groups excluding carboxylic acids is 1. The number of ether oxygens (including phenoxy) is 8. The van der Waals surface area contributed by atoms with Crippen LogP contribution in [0.15, 0.2) is 0 Å². The van der Waals surface area contributed by atoms with Crippen molar-refractivity contribution < 1.29 is 42.7 Å². The van der Waals surface area contributed by atoms with Gasteiger partial charge in [-0.2, -0.15) is 0 Å². The maximum atomic E-state index is 11.8. The Bertz CT molecular complexity index is 561. The highest BCUT2D eigenvalue weighted by atomic mass is 16.6. The molecule has 0 bridgehead atoms. The first-order valence-corrected chi connectivity index (χ1v) is 16.3. The minimum absolute atomic E-state index is 0.355. The third-order valence-electron chi connectivity index (χ3n) is 6.15. The number of carbonyl (C=O) groups is 1. The van der Waals surface area contributed by atoms with Gasteiger partial charge in [0.1, 0.15) is 5.60 Å². The van der Waals surface area contributed by atoms with Crippen LogP contribution in [0.3, 0.4) is 0 Å². The third kappa shape index (κ3) is 33.5. The molecule has 0 aliphatic carbocycles. The highest BCUT2D eigenvalue weighted by molar-refractivity contribution is 5.67. The van der Waals surface area contributed by atoms with Gasteiger partial charge < -0.3 is 42.8 Å². The molecule has 0 aromatic rings. The summed E-state index contributed by atoms with van der Waals surface area (Å²) in [7, 11) is 1.69. The number of rotatable bonds is 32. The molecule has 0 aromatic heterocycles. The van der Waals surface area contributed by atoms with Crippen LogP contribution in [0.1, 0.15) is 91.9 Å². The second-order valence-electron chi connectivity index (χ2n) is 11.4. The van der Waals surface area contributed by atoms with E-state index in [0.717, 1.165) is 13.0 Å². The summed E-state index contributed by atoms with van der Waals surface area (Å²) in [5.41, 5.74) is -0.500. The number of hydrogen-bond acceptors (Lipinski definition) is 9. The van der Waals surface area contributed by atoms with Crippen molar-refractivity contribution in [2.45, 2.75) is 97.5 Å². The molecule has 0 aliphatic rings. The lowest BCUT2D eigenvalue weighted by molar-refractivity contribution is -0.0213. The Morgan fingerprint density at radius 2 is 0.786 bits per heavy atom. The van der Waals surface area contributed by atoms with E-state index >= 15 is 0 Å². The Morgan fingerprint density at radius 1 is 0.476 bits per heavy atom. The summed E-state index contributed by atoms with van der Waals surface area (Å²) in [5.74, 6) is 0. The average molecular weight is 608 g/mol. The lowest BCUT2D eigenvalue weighted by Gasteiger charge is -2.24. The summed E-state index contributed by atoms with van der Waals surface area (Å²) in [6.07, 6.45) is 13.1. The summed E-state index contributed by atoms with van der Waals surface area (Å²) in [6, 6.07) is 0. The molecule has 0 heterocycles. The van der Waals surface area contributed by atoms with Crippen molar-refractivity contribution in [2.24, 2.45) is 0 Å². The molecular formula is C32H65NO9. The van der Waals surface area contributed by atoms with Crippen LogP contribution in [0.25, 0.3) is 0 Å². The molecule has 0 saturated heterocycles. The summed E-state index contributed by atoms with van der Waals surface area (Å²) >= 11 is 0. The van der Waals surface area contributed by atoms with E-state index in [1.807, 2.05) is 20.8 Å². The van der Waals surface area contributed by atoms with Crippen molar-refractivity contribution in [3.63, 3.8) is 0 Å². The largest absolute Gasteiger partial charge is 0.444 e. The van der Waals surface area contributed by atoms with Gasteiger partial charge in [-0.3, -0.25) is 0 Å². The SMILES string of the molecule is CCCCCCCCCCCCOCCOCCOCCOCCOCCOCCOCCN(C)C(=O)OC(C)(C)C. The monoisotopic (exact) mass is 607 g/mol. The first-order chi connectivity index (χ1) is 20.4. The van der Waals surface area contributed by atoms with E-state index in [4.69, 9.17) is 37.9 Å². The first-order valence-electron chi connectivity index (χ1n) is 16.3. The van der Waals surface area contributed by atoms with E-state index in [9.17, 15) is 4.79 Å². The lowest BCUT2D eigenvalue weighted by Crippen LogP contribution is -2.36. The molecule has 1 amide bonds. The smallest absolute Gasteiger partial charge is 0.410 e. The minimum Gasteiger partial charge on any atom is -0.444 e. The van der Waals surface area contributed by atoms with Crippen molar-refractivity contribution in [3.05, 3.63) is 0 Å². The quantitative estimate of drug-likeness (QED) is 0.0868. The molecule has 0 rings (SSSR count). The second-order valence-corrected chi connectivity index (χ2v) is 11.4. The Morgan fingerprint density at radius 3 is 1.14 bits per heavy atom. The van der Waals surface area contributed by atoms with Crippen LogP contribution in [0.2, 0.25) is 0 Å². The summed E-state index contributed by atoms with van der Waals surface area (Å²) < 4.78 is 43.9. The van der Waals surface area contributed by atoms with E-state index in [-0.39, 0.29) is 6.09 Å². The number of amides is 1. The molecular weight excluding hydrogens is 542 g/mol. The van der Waals surface area contributed by atoms with Gasteiger partial charge in [0.2, 0.25) is 0 Å². The van der Waals surface area contributed by atoms with Crippen molar-refractivity contribution in [1.29, 1.82) is 0 Å². The van der Waals surface area contributed by atoms with E-state index < -0.39 is 5.60 Å². The Kier molecular flexibility index (Phi) is 30.7.